The molecule has 1 atom stereocenters. The topological polar surface area (TPSA) is 147 Å². The Morgan fingerprint density at radius 3 is 2.35 bits per heavy atom. The second-order valence-electron chi connectivity index (χ2n) is 4.10. The number of carboxylic acid groups (broad SMARTS) is 2. The third-order valence-corrected chi connectivity index (χ3v) is 4.19. The van der Waals surface area contributed by atoms with Crippen LogP contribution >= 0.6 is 0 Å². The zero-order valence-corrected chi connectivity index (χ0v) is 11.6. The van der Waals surface area contributed by atoms with Gasteiger partial charge in [0.05, 0.1) is 0 Å². The van der Waals surface area contributed by atoms with Crippen LogP contribution in [0.1, 0.15) is 24.3 Å². The van der Waals surface area contributed by atoms with Crippen molar-refractivity contribution in [1.82, 2.24) is 9.88 Å². The lowest BCUT2D eigenvalue weighted by Gasteiger charge is -2.13. The highest BCUT2D eigenvalue weighted by Crippen LogP contribution is 2.19. The fourth-order valence-corrected chi connectivity index (χ4v) is 3.16. The number of hydrogen-bond acceptors (Lipinski definition) is 6. The predicted octanol–water partition coefficient (Wildman–Crippen LogP) is -0.112. The molecule has 0 aromatic carbocycles. The van der Waals surface area contributed by atoms with Crippen molar-refractivity contribution in [2.75, 3.05) is 0 Å². The Morgan fingerprint density at radius 2 is 1.95 bits per heavy atom. The Hall–Kier alpha value is -1.94. The van der Waals surface area contributed by atoms with Gasteiger partial charge in [-0.15, -0.1) is 0 Å². The van der Waals surface area contributed by atoms with E-state index in [0.717, 1.165) is 0 Å². The molecule has 1 aromatic rings. The molecule has 1 unspecified atom stereocenters. The molecule has 0 aliphatic heterocycles. The van der Waals surface area contributed by atoms with Crippen molar-refractivity contribution in [1.29, 1.82) is 0 Å². The second-order valence-corrected chi connectivity index (χ2v) is 5.75. The smallest absolute Gasteiger partial charge is 0.321 e. The van der Waals surface area contributed by atoms with Gasteiger partial charge < -0.3 is 14.7 Å². The van der Waals surface area contributed by atoms with Crippen molar-refractivity contribution >= 4 is 22.0 Å². The Kier molecular flexibility index (Phi) is 4.84. The highest BCUT2D eigenvalue weighted by molar-refractivity contribution is 7.89. The van der Waals surface area contributed by atoms with E-state index in [1.54, 1.807) is 0 Å². The summed E-state index contributed by atoms with van der Waals surface area (Å²) in [5.74, 6) is -2.65. The molecule has 1 rings (SSSR count). The maximum Gasteiger partial charge on any atom is 0.321 e. The maximum atomic E-state index is 12.1. The van der Waals surface area contributed by atoms with E-state index in [0.29, 0.717) is 0 Å². The molecule has 0 bridgehead atoms. The summed E-state index contributed by atoms with van der Waals surface area (Å²) in [6, 6.07) is -1.54. The van der Waals surface area contributed by atoms with Crippen molar-refractivity contribution in [2.24, 2.45) is 0 Å². The van der Waals surface area contributed by atoms with Crippen LogP contribution in [0.15, 0.2) is 9.42 Å². The van der Waals surface area contributed by atoms with Crippen molar-refractivity contribution < 1.29 is 32.7 Å². The molecular weight excluding hydrogens is 292 g/mol. The number of aliphatic carboxylic acids is 2. The first-order valence-corrected chi connectivity index (χ1v) is 7.03. The fourth-order valence-electron chi connectivity index (χ4n) is 1.61. The largest absolute Gasteiger partial charge is 0.481 e. The quantitative estimate of drug-likeness (QED) is 0.632. The van der Waals surface area contributed by atoms with E-state index in [-0.39, 0.29) is 22.8 Å². The standard InChI is InChI=1S/C10H14N2O7S/c1-5-9(6(2)19-11-5)20(17,18)12-7(10(15)16)3-4-8(13)14/h7,12H,3-4H2,1-2H3,(H,13,14)(H,15,16). The molecule has 0 saturated carbocycles. The first-order valence-electron chi connectivity index (χ1n) is 5.55. The molecule has 112 valence electrons. The summed E-state index contributed by atoms with van der Waals surface area (Å²) in [7, 11) is -4.15. The normalized spacial score (nSPS) is 13.1. The number of aromatic nitrogens is 1. The summed E-state index contributed by atoms with van der Waals surface area (Å²) in [4.78, 5) is 21.2. The minimum atomic E-state index is -4.15. The predicted molar refractivity (Wildman–Crippen MR) is 64.6 cm³/mol. The summed E-state index contributed by atoms with van der Waals surface area (Å²) in [6.07, 6.45) is -0.839. The van der Waals surface area contributed by atoms with E-state index in [2.05, 4.69) is 5.16 Å². The number of carbonyl (C=O) groups is 2. The van der Waals surface area contributed by atoms with Crippen LogP contribution in [0.4, 0.5) is 0 Å². The summed E-state index contributed by atoms with van der Waals surface area (Å²) >= 11 is 0. The number of rotatable bonds is 7. The van der Waals surface area contributed by atoms with Gasteiger partial charge in [0.1, 0.15) is 16.6 Å². The monoisotopic (exact) mass is 306 g/mol. The van der Waals surface area contributed by atoms with Gasteiger partial charge in [-0.3, -0.25) is 9.59 Å². The van der Waals surface area contributed by atoms with Crippen LogP contribution in [0.25, 0.3) is 0 Å². The molecule has 9 nitrogen and oxygen atoms in total. The number of aryl methyl sites for hydroxylation is 2. The van der Waals surface area contributed by atoms with Crippen LogP contribution < -0.4 is 4.72 Å². The molecule has 20 heavy (non-hydrogen) atoms. The molecule has 10 heteroatoms. The number of hydrogen-bond donors (Lipinski definition) is 3. The van der Waals surface area contributed by atoms with E-state index < -0.39 is 34.4 Å². The SMILES string of the molecule is Cc1noc(C)c1S(=O)(=O)NC(CCC(=O)O)C(=O)O. The van der Waals surface area contributed by atoms with Crippen LogP contribution in [0.5, 0.6) is 0 Å². The Balaban J connectivity index is 2.98. The van der Waals surface area contributed by atoms with Crippen molar-refractivity contribution in [3.8, 4) is 0 Å². The van der Waals surface area contributed by atoms with E-state index in [1.807, 2.05) is 4.72 Å². The van der Waals surface area contributed by atoms with Gasteiger partial charge in [-0.25, -0.2) is 8.42 Å². The zero-order chi connectivity index (χ0) is 15.5. The molecule has 0 fully saturated rings. The molecule has 0 radical (unpaired) electrons. The Bertz CT molecular complexity index is 600. The van der Waals surface area contributed by atoms with E-state index in [9.17, 15) is 18.0 Å². The van der Waals surface area contributed by atoms with Gasteiger partial charge in [0, 0.05) is 6.42 Å². The molecular formula is C10H14N2O7S. The van der Waals surface area contributed by atoms with E-state index in [1.165, 1.54) is 13.8 Å². The van der Waals surface area contributed by atoms with Gasteiger partial charge in [0.15, 0.2) is 5.76 Å². The molecule has 0 spiro atoms. The molecule has 0 amide bonds. The van der Waals surface area contributed by atoms with Crippen molar-refractivity contribution in [3.05, 3.63) is 11.5 Å². The lowest BCUT2D eigenvalue weighted by molar-refractivity contribution is -0.140. The lowest BCUT2D eigenvalue weighted by Crippen LogP contribution is -2.41. The number of nitrogens with zero attached hydrogens (tertiary/aromatic N) is 1. The van der Waals surface area contributed by atoms with Gasteiger partial charge in [-0.1, -0.05) is 5.16 Å². The van der Waals surface area contributed by atoms with E-state index in [4.69, 9.17) is 14.7 Å². The molecule has 1 aromatic heterocycles. The van der Waals surface area contributed by atoms with Crippen LogP contribution in [-0.2, 0) is 19.6 Å². The molecule has 3 N–H and O–H groups in total. The summed E-state index contributed by atoms with van der Waals surface area (Å²) in [6.45, 7) is 2.78. The number of sulfonamides is 1. The molecule has 0 aliphatic rings. The molecule has 0 saturated heterocycles. The highest BCUT2D eigenvalue weighted by atomic mass is 32.2. The number of nitrogens with one attached hydrogen (secondary N) is 1. The first-order chi connectivity index (χ1) is 9.15. The number of carboxylic acids is 2. The summed E-state index contributed by atoms with van der Waals surface area (Å²) in [5, 5.41) is 20.9. The average molecular weight is 306 g/mol. The third kappa shape index (κ3) is 3.78. The van der Waals surface area contributed by atoms with Crippen LogP contribution in [0.3, 0.4) is 0 Å². The van der Waals surface area contributed by atoms with Crippen LogP contribution in [-0.4, -0.2) is 41.8 Å². The average Bonchev–Trinajstić information content (AvgIpc) is 2.64. The Morgan fingerprint density at radius 1 is 1.35 bits per heavy atom. The first kappa shape index (κ1) is 16.1. The lowest BCUT2D eigenvalue weighted by atomic mass is 10.2. The maximum absolute atomic E-state index is 12.1. The minimum Gasteiger partial charge on any atom is -0.481 e. The van der Waals surface area contributed by atoms with Gasteiger partial charge in [-0.2, -0.15) is 4.72 Å². The van der Waals surface area contributed by atoms with Crippen LogP contribution in [0.2, 0.25) is 0 Å². The molecule has 0 aliphatic carbocycles. The minimum absolute atomic E-state index is 0.0253. The molecule has 1 heterocycles. The van der Waals surface area contributed by atoms with Gasteiger partial charge in [0.2, 0.25) is 10.0 Å². The highest BCUT2D eigenvalue weighted by Gasteiger charge is 2.30. The van der Waals surface area contributed by atoms with Crippen molar-refractivity contribution in [3.63, 3.8) is 0 Å². The van der Waals surface area contributed by atoms with Gasteiger partial charge >= 0.3 is 11.9 Å². The second kappa shape index (κ2) is 6.01. The summed E-state index contributed by atoms with van der Waals surface area (Å²) in [5.41, 5.74) is 0.0948. The van der Waals surface area contributed by atoms with Gasteiger partial charge in [-0.05, 0) is 20.3 Å². The zero-order valence-electron chi connectivity index (χ0n) is 10.8. The third-order valence-electron chi connectivity index (χ3n) is 2.48. The Labute approximate surface area is 114 Å². The van der Waals surface area contributed by atoms with Crippen molar-refractivity contribution in [2.45, 2.75) is 37.6 Å². The van der Waals surface area contributed by atoms with Gasteiger partial charge in [0.25, 0.3) is 0 Å². The van der Waals surface area contributed by atoms with E-state index >= 15 is 0 Å². The fraction of sp³-hybridized carbons (Fsp3) is 0.500. The van der Waals surface area contributed by atoms with Crippen LogP contribution in [0, 0.1) is 13.8 Å². The summed E-state index contributed by atoms with van der Waals surface area (Å²) < 4.78 is 30.8.